The highest BCUT2D eigenvalue weighted by molar-refractivity contribution is 5.78. The van der Waals surface area contributed by atoms with Crippen molar-refractivity contribution in [2.75, 3.05) is 19.8 Å². The van der Waals surface area contributed by atoms with Crippen LogP contribution in [0.2, 0.25) is 0 Å². The number of carbonyl (C=O) groups excluding carboxylic acids is 1. The first kappa shape index (κ1) is 11.1. The monoisotopic (exact) mass is 224 g/mol. The van der Waals surface area contributed by atoms with Crippen molar-refractivity contribution in [1.29, 1.82) is 0 Å². The molecule has 0 radical (unpaired) electrons. The number of nitrogens with one attached hydrogen (secondary N) is 2. The highest BCUT2D eigenvalue weighted by Gasteiger charge is 2.22. The van der Waals surface area contributed by atoms with Gasteiger partial charge in [-0.2, -0.15) is 5.10 Å². The van der Waals surface area contributed by atoms with Gasteiger partial charge < -0.3 is 10.1 Å². The van der Waals surface area contributed by atoms with E-state index in [9.17, 15) is 4.79 Å². The van der Waals surface area contributed by atoms with Gasteiger partial charge in [0.2, 0.25) is 5.91 Å². The Labute approximate surface area is 93.8 Å². The molecule has 1 aliphatic heterocycles. The highest BCUT2D eigenvalue weighted by atomic mass is 16.5. The van der Waals surface area contributed by atoms with E-state index in [2.05, 4.69) is 20.5 Å². The minimum atomic E-state index is 0.0466. The van der Waals surface area contributed by atoms with Gasteiger partial charge in [-0.1, -0.05) is 0 Å². The lowest BCUT2D eigenvalue weighted by atomic mass is 10.1. The van der Waals surface area contributed by atoms with E-state index in [1.807, 2.05) is 0 Å². The summed E-state index contributed by atoms with van der Waals surface area (Å²) in [5.41, 5.74) is 0. The van der Waals surface area contributed by atoms with E-state index in [1.165, 1.54) is 6.33 Å². The van der Waals surface area contributed by atoms with Crippen molar-refractivity contribution in [3.63, 3.8) is 0 Å². The zero-order valence-corrected chi connectivity index (χ0v) is 9.11. The Kier molecular flexibility index (Phi) is 3.87. The molecule has 6 heteroatoms. The summed E-state index contributed by atoms with van der Waals surface area (Å²) in [5.74, 6) is 1.01. The van der Waals surface area contributed by atoms with Crippen LogP contribution in [-0.4, -0.2) is 40.8 Å². The average molecular weight is 224 g/mol. The van der Waals surface area contributed by atoms with E-state index >= 15 is 0 Å². The van der Waals surface area contributed by atoms with Gasteiger partial charge in [0.15, 0.2) is 0 Å². The molecule has 1 aromatic heterocycles. The summed E-state index contributed by atoms with van der Waals surface area (Å²) >= 11 is 0. The van der Waals surface area contributed by atoms with E-state index in [0.29, 0.717) is 19.8 Å². The topological polar surface area (TPSA) is 79.9 Å². The summed E-state index contributed by atoms with van der Waals surface area (Å²) in [6.07, 6.45) is 4.01. The maximum Gasteiger partial charge on any atom is 0.225 e. The van der Waals surface area contributed by atoms with Crippen molar-refractivity contribution in [2.45, 2.75) is 19.3 Å². The smallest absolute Gasteiger partial charge is 0.225 e. The largest absolute Gasteiger partial charge is 0.381 e. The fraction of sp³-hybridized carbons (Fsp3) is 0.700. The molecule has 0 aliphatic carbocycles. The number of aromatic amines is 1. The summed E-state index contributed by atoms with van der Waals surface area (Å²) in [7, 11) is 0. The lowest BCUT2D eigenvalue weighted by Crippen LogP contribution is -2.31. The average Bonchev–Trinajstić information content (AvgIpc) is 2.96. The molecule has 1 aliphatic rings. The van der Waals surface area contributed by atoms with Crippen LogP contribution in [0.3, 0.4) is 0 Å². The summed E-state index contributed by atoms with van der Waals surface area (Å²) in [4.78, 5) is 15.6. The molecule has 1 saturated heterocycles. The third-order valence-corrected chi connectivity index (χ3v) is 2.65. The van der Waals surface area contributed by atoms with Crippen LogP contribution >= 0.6 is 0 Å². The molecule has 0 saturated carbocycles. The Morgan fingerprint density at radius 2 is 2.62 bits per heavy atom. The predicted octanol–water partition coefficient (Wildman–Crippen LogP) is -0.110. The second kappa shape index (κ2) is 5.60. The molecule has 2 rings (SSSR count). The van der Waals surface area contributed by atoms with Crippen molar-refractivity contribution >= 4 is 5.91 Å². The van der Waals surface area contributed by atoms with Gasteiger partial charge in [0.1, 0.15) is 12.2 Å². The van der Waals surface area contributed by atoms with E-state index in [1.54, 1.807) is 0 Å². The molecule has 1 atom stereocenters. The van der Waals surface area contributed by atoms with Crippen molar-refractivity contribution < 1.29 is 9.53 Å². The molecule has 16 heavy (non-hydrogen) atoms. The van der Waals surface area contributed by atoms with Gasteiger partial charge in [0, 0.05) is 19.6 Å². The Balaban J connectivity index is 1.59. The molecule has 0 aromatic carbocycles. The first-order valence-electron chi connectivity index (χ1n) is 5.56. The van der Waals surface area contributed by atoms with E-state index < -0.39 is 0 Å². The van der Waals surface area contributed by atoms with Crippen LogP contribution in [0.5, 0.6) is 0 Å². The third-order valence-electron chi connectivity index (χ3n) is 2.65. The molecule has 2 heterocycles. The molecule has 1 aromatic rings. The molecule has 1 unspecified atom stereocenters. The maximum atomic E-state index is 11.6. The predicted molar refractivity (Wildman–Crippen MR) is 56.6 cm³/mol. The van der Waals surface area contributed by atoms with Gasteiger partial charge >= 0.3 is 0 Å². The molecule has 0 bridgehead atoms. The van der Waals surface area contributed by atoms with Gasteiger partial charge in [-0.3, -0.25) is 9.89 Å². The molecule has 88 valence electrons. The minimum absolute atomic E-state index is 0.0466. The lowest BCUT2D eigenvalue weighted by Gasteiger charge is -2.08. The van der Waals surface area contributed by atoms with Gasteiger partial charge in [0.25, 0.3) is 0 Å². The number of hydrogen-bond acceptors (Lipinski definition) is 4. The number of nitrogens with zero attached hydrogens (tertiary/aromatic N) is 2. The van der Waals surface area contributed by atoms with Crippen LogP contribution < -0.4 is 5.32 Å². The summed E-state index contributed by atoms with van der Waals surface area (Å²) in [5, 5.41) is 9.45. The van der Waals surface area contributed by atoms with Crippen LogP contribution in [0.4, 0.5) is 0 Å². The van der Waals surface area contributed by atoms with Crippen LogP contribution in [0.25, 0.3) is 0 Å². The minimum Gasteiger partial charge on any atom is -0.381 e. The first-order chi connectivity index (χ1) is 7.86. The zero-order valence-electron chi connectivity index (χ0n) is 9.11. The molecule has 6 nitrogen and oxygen atoms in total. The molecule has 2 N–H and O–H groups in total. The van der Waals surface area contributed by atoms with Gasteiger partial charge in [-0.05, 0) is 12.8 Å². The Morgan fingerprint density at radius 1 is 1.69 bits per heavy atom. The number of aromatic nitrogens is 3. The molecule has 1 fully saturated rings. The van der Waals surface area contributed by atoms with Crippen LogP contribution in [0.1, 0.15) is 18.7 Å². The lowest BCUT2D eigenvalue weighted by molar-refractivity contribution is -0.124. The standard InChI is InChI=1S/C10H16N4O2/c15-10(8-3-5-16-6-8)11-4-1-2-9-12-7-13-14-9/h7-8H,1-6H2,(H,11,15)(H,12,13,14). The van der Waals surface area contributed by atoms with E-state index in [0.717, 1.165) is 25.1 Å². The second-order valence-corrected chi connectivity index (χ2v) is 3.89. The highest BCUT2D eigenvalue weighted by Crippen LogP contribution is 2.11. The van der Waals surface area contributed by atoms with Gasteiger partial charge in [0.05, 0.1) is 12.5 Å². The van der Waals surface area contributed by atoms with Gasteiger partial charge in [-0.15, -0.1) is 0 Å². The third kappa shape index (κ3) is 3.03. The van der Waals surface area contributed by atoms with Crippen molar-refractivity contribution in [1.82, 2.24) is 20.5 Å². The summed E-state index contributed by atoms with van der Waals surface area (Å²) in [6, 6.07) is 0. The van der Waals surface area contributed by atoms with E-state index in [-0.39, 0.29) is 11.8 Å². The Bertz CT molecular complexity index is 320. The summed E-state index contributed by atoms with van der Waals surface area (Å²) in [6.45, 7) is 1.94. The van der Waals surface area contributed by atoms with Crippen LogP contribution in [0.15, 0.2) is 6.33 Å². The number of hydrogen-bond donors (Lipinski definition) is 2. The Morgan fingerprint density at radius 3 is 3.31 bits per heavy atom. The number of amides is 1. The molecule has 1 amide bonds. The molecular weight excluding hydrogens is 208 g/mol. The fourth-order valence-electron chi connectivity index (χ4n) is 1.70. The second-order valence-electron chi connectivity index (χ2n) is 3.89. The first-order valence-corrected chi connectivity index (χ1v) is 5.56. The SMILES string of the molecule is O=C(NCCCc1ncn[nH]1)C1CCOC1. The molecule has 0 spiro atoms. The number of H-pyrrole nitrogens is 1. The van der Waals surface area contributed by atoms with Crippen molar-refractivity contribution in [3.05, 3.63) is 12.2 Å². The quantitative estimate of drug-likeness (QED) is 0.684. The number of aryl methyl sites for hydroxylation is 1. The number of ether oxygens (including phenoxy) is 1. The van der Waals surface area contributed by atoms with Crippen LogP contribution in [-0.2, 0) is 16.0 Å². The normalized spacial score (nSPS) is 19.9. The maximum absolute atomic E-state index is 11.6. The summed E-state index contributed by atoms with van der Waals surface area (Å²) < 4.78 is 5.16. The fourth-order valence-corrected chi connectivity index (χ4v) is 1.70. The Hall–Kier alpha value is -1.43. The van der Waals surface area contributed by atoms with Crippen molar-refractivity contribution in [2.24, 2.45) is 5.92 Å². The van der Waals surface area contributed by atoms with Crippen molar-refractivity contribution in [3.8, 4) is 0 Å². The number of carbonyl (C=O) groups is 1. The van der Waals surface area contributed by atoms with E-state index in [4.69, 9.17) is 4.74 Å². The number of rotatable bonds is 5. The zero-order chi connectivity index (χ0) is 11.2. The van der Waals surface area contributed by atoms with Gasteiger partial charge in [-0.25, -0.2) is 4.98 Å². The van der Waals surface area contributed by atoms with Crippen LogP contribution in [0, 0.1) is 5.92 Å². The molecular formula is C10H16N4O2.